The molecule has 2 aliphatic heterocycles. The fraction of sp³-hybridized carbons (Fsp3) is 0.452. The topological polar surface area (TPSA) is 99.1 Å². The molecule has 0 bridgehead atoms. The monoisotopic (exact) mass is 520 g/mol. The number of carbonyl (C=O) groups is 3. The van der Waals surface area contributed by atoms with Gasteiger partial charge < -0.3 is 19.3 Å². The molecule has 7 nitrogen and oxygen atoms in total. The molecule has 0 radical (unpaired) electrons. The largest absolute Gasteiger partial charge is 0.507 e. The maximum Gasteiger partial charge on any atom is 0.342 e. The Bertz CT molecular complexity index is 1230. The molecule has 2 aromatic carbocycles. The Labute approximate surface area is 223 Å². The van der Waals surface area contributed by atoms with Crippen LogP contribution in [0.25, 0.3) is 6.08 Å². The van der Waals surface area contributed by atoms with E-state index in [-0.39, 0.29) is 29.3 Å². The lowest BCUT2D eigenvalue weighted by molar-refractivity contribution is -0.135. The lowest BCUT2D eigenvalue weighted by Crippen LogP contribution is -2.23. The summed E-state index contributed by atoms with van der Waals surface area (Å²) in [7, 11) is 0. The van der Waals surface area contributed by atoms with Crippen LogP contribution in [0.3, 0.4) is 0 Å². The van der Waals surface area contributed by atoms with Gasteiger partial charge in [0.15, 0.2) is 0 Å². The first-order valence-electron chi connectivity index (χ1n) is 13.5. The van der Waals surface area contributed by atoms with E-state index in [9.17, 15) is 19.5 Å². The van der Waals surface area contributed by atoms with Crippen LogP contribution in [0.2, 0.25) is 0 Å². The van der Waals surface area contributed by atoms with Crippen molar-refractivity contribution < 1.29 is 33.7 Å². The number of fused-ring (bicyclic) bond motifs is 2. The quantitative estimate of drug-likeness (QED) is 0.370. The number of phenolic OH excluding ortho intramolecular Hbond substituents is 1. The molecule has 1 unspecified atom stereocenters. The first-order chi connectivity index (χ1) is 18.2. The van der Waals surface area contributed by atoms with Crippen LogP contribution in [-0.4, -0.2) is 35.5 Å². The minimum Gasteiger partial charge on any atom is -0.507 e. The molecular formula is C31H36O7. The molecular weight excluding hydrogens is 484 g/mol. The molecule has 0 saturated carbocycles. The SMILES string of the molecule is CC(C)COc1cccc(C2CC(=O)Oc3cc4c(c(O)c32)C(=O)O[C@@H](C)CCCC(=O)CCCC=C4)c1. The Morgan fingerprint density at radius 2 is 1.89 bits per heavy atom. The Kier molecular flexibility index (Phi) is 8.87. The summed E-state index contributed by atoms with van der Waals surface area (Å²) >= 11 is 0. The molecule has 4 rings (SSSR count). The number of hydrogen-bond acceptors (Lipinski definition) is 7. The second-order valence-corrected chi connectivity index (χ2v) is 10.6. The summed E-state index contributed by atoms with van der Waals surface area (Å²) in [6.07, 6.45) is 6.67. The van der Waals surface area contributed by atoms with Crippen molar-refractivity contribution in [3.8, 4) is 17.2 Å². The number of hydrogen-bond donors (Lipinski definition) is 1. The molecule has 0 amide bonds. The number of rotatable bonds is 4. The predicted molar refractivity (Wildman–Crippen MR) is 144 cm³/mol. The summed E-state index contributed by atoms with van der Waals surface area (Å²) in [5, 5.41) is 11.5. The number of ether oxygens (including phenoxy) is 3. The van der Waals surface area contributed by atoms with E-state index < -0.39 is 24.0 Å². The fourth-order valence-corrected chi connectivity index (χ4v) is 4.89. The second-order valence-electron chi connectivity index (χ2n) is 10.6. The van der Waals surface area contributed by atoms with Crippen LogP contribution < -0.4 is 9.47 Å². The molecule has 0 saturated heterocycles. The third-order valence-corrected chi connectivity index (χ3v) is 6.82. The summed E-state index contributed by atoms with van der Waals surface area (Å²) in [5.74, 6) is -0.384. The van der Waals surface area contributed by atoms with E-state index in [2.05, 4.69) is 13.8 Å². The van der Waals surface area contributed by atoms with Gasteiger partial charge in [0, 0.05) is 24.3 Å². The zero-order chi connectivity index (χ0) is 27.2. The van der Waals surface area contributed by atoms with Crippen molar-refractivity contribution in [2.24, 2.45) is 5.92 Å². The Morgan fingerprint density at radius 3 is 2.68 bits per heavy atom. The van der Waals surface area contributed by atoms with Crippen LogP contribution in [-0.2, 0) is 14.3 Å². The van der Waals surface area contributed by atoms with Gasteiger partial charge in [0.05, 0.1) is 19.1 Å². The van der Waals surface area contributed by atoms with Crippen LogP contribution >= 0.6 is 0 Å². The molecule has 0 aliphatic carbocycles. The number of Topliss-reactive ketones (excluding diaryl/α,β-unsaturated/α-hetero) is 1. The van der Waals surface area contributed by atoms with Crippen LogP contribution in [0.5, 0.6) is 17.2 Å². The van der Waals surface area contributed by atoms with Crippen LogP contribution in [0, 0.1) is 5.92 Å². The van der Waals surface area contributed by atoms with Crippen molar-refractivity contribution >= 4 is 23.8 Å². The number of cyclic esters (lactones) is 1. The van der Waals surface area contributed by atoms with Crippen molar-refractivity contribution in [2.45, 2.75) is 77.7 Å². The highest BCUT2D eigenvalue weighted by molar-refractivity contribution is 5.98. The van der Waals surface area contributed by atoms with E-state index in [0.717, 1.165) is 5.56 Å². The van der Waals surface area contributed by atoms with Gasteiger partial charge in [-0.15, -0.1) is 0 Å². The van der Waals surface area contributed by atoms with Gasteiger partial charge in [0.25, 0.3) is 0 Å². The molecule has 2 aliphatic rings. The highest BCUT2D eigenvalue weighted by Gasteiger charge is 2.35. The lowest BCUT2D eigenvalue weighted by atomic mass is 9.83. The third kappa shape index (κ3) is 6.63. The summed E-state index contributed by atoms with van der Waals surface area (Å²) in [6.45, 7) is 6.46. The summed E-state index contributed by atoms with van der Waals surface area (Å²) in [5.41, 5.74) is 1.62. The van der Waals surface area contributed by atoms with Crippen molar-refractivity contribution in [3.05, 3.63) is 58.7 Å². The molecule has 7 heteroatoms. The van der Waals surface area contributed by atoms with E-state index in [1.807, 2.05) is 30.3 Å². The highest BCUT2D eigenvalue weighted by Crippen LogP contribution is 2.47. The molecule has 2 aromatic rings. The predicted octanol–water partition coefficient (Wildman–Crippen LogP) is 6.35. The molecule has 2 heterocycles. The van der Waals surface area contributed by atoms with Crippen LogP contribution in [0.15, 0.2) is 36.4 Å². The number of aromatic hydroxyl groups is 1. The van der Waals surface area contributed by atoms with E-state index in [0.29, 0.717) is 67.9 Å². The van der Waals surface area contributed by atoms with Gasteiger partial charge in [0.1, 0.15) is 28.6 Å². The molecule has 0 spiro atoms. The minimum absolute atomic E-state index is 0.0162. The zero-order valence-electron chi connectivity index (χ0n) is 22.3. The highest BCUT2D eigenvalue weighted by atomic mass is 16.5. The van der Waals surface area contributed by atoms with Crippen LogP contribution in [0.1, 0.15) is 98.7 Å². The molecule has 38 heavy (non-hydrogen) atoms. The lowest BCUT2D eigenvalue weighted by Gasteiger charge is -2.28. The van der Waals surface area contributed by atoms with Gasteiger partial charge in [-0.3, -0.25) is 9.59 Å². The smallest absolute Gasteiger partial charge is 0.342 e. The first kappa shape index (κ1) is 27.4. The molecule has 2 atom stereocenters. The van der Waals surface area contributed by atoms with E-state index >= 15 is 0 Å². The minimum atomic E-state index is -0.648. The van der Waals surface area contributed by atoms with Crippen molar-refractivity contribution in [3.63, 3.8) is 0 Å². The molecule has 1 N–H and O–H groups in total. The zero-order valence-corrected chi connectivity index (χ0v) is 22.3. The number of ketones is 1. The molecule has 0 fully saturated rings. The van der Waals surface area contributed by atoms with Gasteiger partial charge in [-0.05, 0) is 67.9 Å². The third-order valence-electron chi connectivity index (χ3n) is 6.82. The Balaban J connectivity index is 1.77. The van der Waals surface area contributed by atoms with Crippen molar-refractivity contribution in [2.75, 3.05) is 6.61 Å². The summed E-state index contributed by atoms with van der Waals surface area (Å²) < 4.78 is 17.1. The maximum atomic E-state index is 13.4. The van der Waals surface area contributed by atoms with Gasteiger partial charge in [-0.25, -0.2) is 4.79 Å². The number of esters is 2. The standard InChI is InChI=1S/C31H36O7/c1-19(2)18-36-24-14-8-11-21(15-24)25-17-27(33)38-26-16-22-10-5-4-6-12-23(32)13-7-9-20(3)37-31(35)28(22)30(34)29(25)26/h5,8,10-11,14-16,19-20,25,34H,4,6-7,9,12-13,17-18H2,1-3H3/t20-,25?/m0/s1. The van der Waals surface area contributed by atoms with Crippen molar-refractivity contribution in [1.82, 2.24) is 0 Å². The van der Waals surface area contributed by atoms with Crippen molar-refractivity contribution in [1.29, 1.82) is 0 Å². The Hall–Kier alpha value is -3.61. The van der Waals surface area contributed by atoms with Gasteiger partial charge in [-0.2, -0.15) is 0 Å². The van der Waals surface area contributed by atoms with E-state index in [4.69, 9.17) is 14.2 Å². The van der Waals surface area contributed by atoms with Gasteiger partial charge in [-0.1, -0.05) is 38.1 Å². The number of carbonyl (C=O) groups excluding carboxylic acids is 3. The fourth-order valence-electron chi connectivity index (χ4n) is 4.89. The van der Waals surface area contributed by atoms with Gasteiger partial charge in [0.2, 0.25) is 0 Å². The summed E-state index contributed by atoms with van der Waals surface area (Å²) in [6, 6.07) is 9.07. The molecule has 202 valence electrons. The first-order valence-corrected chi connectivity index (χ1v) is 13.5. The van der Waals surface area contributed by atoms with Crippen LogP contribution in [0.4, 0.5) is 0 Å². The number of phenols is 1. The normalized spacial score (nSPS) is 20.7. The summed E-state index contributed by atoms with van der Waals surface area (Å²) in [4.78, 5) is 38.1. The number of benzene rings is 2. The maximum absolute atomic E-state index is 13.4. The van der Waals surface area contributed by atoms with E-state index in [1.54, 1.807) is 19.1 Å². The average Bonchev–Trinajstić information content (AvgIpc) is 2.86. The number of allylic oxidation sites excluding steroid dienone is 1. The second kappa shape index (κ2) is 12.3. The average molecular weight is 521 g/mol. The van der Waals surface area contributed by atoms with Gasteiger partial charge >= 0.3 is 11.9 Å². The van der Waals surface area contributed by atoms with E-state index in [1.165, 1.54) is 0 Å². The Morgan fingerprint density at radius 1 is 1.11 bits per heavy atom. The molecule has 0 aromatic heterocycles.